The van der Waals surface area contributed by atoms with Gasteiger partial charge in [0.05, 0.1) is 7.11 Å². The van der Waals surface area contributed by atoms with Crippen molar-refractivity contribution in [3.8, 4) is 11.4 Å². The van der Waals surface area contributed by atoms with Crippen molar-refractivity contribution in [1.82, 2.24) is 5.27 Å². The molecule has 0 unspecified atom stereocenters. The lowest BCUT2D eigenvalue weighted by molar-refractivity contribution is -0.672. The van der Waals surface area contributed by atoms with Crippen LogP contribution in [0.3, 0.4) is 0 Å². The minimum absolute atomic E-state index is 0.0857. The van der Waals surface area contributed by atoms with Gasteiger partial charge in [0.25, 0.3) is 0 Å². The molecule has 0 radical (unpaired) electrons. The van der Waals surface area contributed by atoms with Gasteiger partial charge < -0.3 is 10.1 Å². The second-order valence-corrected chi connectivity index (χ2v) is 5.82. The number of aromatic nitrogens is 2. The van der Waals surface area contributed by atoms with E-state index in [-0.39, 0.29) is 5.69 Å². The molecule has 164 valence electrons. The zero-order chi connectivity index (χ0) is 23.1. The van der Waals surface area contributed by atoms with Gasteiger partial charge in [-0.1, -0.05) is 0 Å². The average molecular weight is 452 g/mol. The van der Waals surface area contributed by atoms with Crippen LogP contribution < -0.4 is 20.4 Å². The predicted octanol–water partition coefficient (Wildman–Crippen LogP) is 3.08. The lowest BCUT2D eigenvalue weighted by Crippen LogP contribution is -2.43. The van der Waals surface area contributed by atoms with Crippen molar-refractivity contribution >= 4 is 11.6 Å². The highest BCUT2D eigenvalue weighted by atomic mass is 19.4. The number of alkyl halides is 3. The highest BCUT2D eigenvalue weighted by Crippen LogP contribution is 2.38. The summed E-state index contributed by atoms with van der Waals surface area (Å²) in [4.78, 5) is 24.3. The molecule has 2 aromatic carbocycles. The minimum atomic E-state index is -5.75. The van der Waals surface area contributed by atoms with Gasteiger partial charge in [-0.05, 0) is 22.1 Å². The summed E-state index contributed by atoms with van der Waals surface area (Å²) in [5, 5.41) is 3.37. The van der Waals surface area contributed by atoms with Gasteiger partial charge in [-0.2, -0.15) is 13.2 Å². The quantitative estimate of drug-likeness (QED) is 0.362. The average Bonchev–Trinajstić information content (AvgIpc) is 3.10. The van der Waals surface area contributed by atoms with Gasteiger partial charge in [0.1, 0.15) is 17.0 Å². The molecule has 0 aliphatic rings. The summed E-state index contributed by atoms with van der Waals surface area (Å²) >= 11 is 0. The summed E-state index contributed by atoms with van der Waals surface area (Å²) in [6.07, 6.45) is -5.75. The Morgan fingerprint density at radius 1 is 1.03 bits per heavy atom. The van der Waals surface area contributed by atoms with Crippen LogP contribution in [-0.2, 0) is 6.18 Å². The first-order valence-electron chi connectivity index (χ1n) is 7.99. The number of carbonyl (C=O) groups excluding carboxylic acids is 1. The largest absolute Gasteiger partial charge is 0.497 e. The van der Waals surface area contributed by atoms with Crippen molar-refractivity contribution in [2.45, 2.75) is 6.18 Å². The number of halogens is 7. The smallest absolute Gasteiger partial charge is 0.441 e. The molecule has 0 saturated heterocycles. The van der Waals surface area contributed by atoms with E-state index in [9.17, 15) is 40.3 Å². The molecule has 0 atom stereocenters. The first-order chi connectivity index (χ1) is 14.5. The predicted molar refractivity (Wildman–Crippen MR) is 86.6 cm³/mol. The molecular weight excluding hydrogens is 443 g/mol. The van der Waals surface area contributed by atoms with Crippen LogP contribution in [0.25, 0.3) is 5.69 Å². The van der Waals surface area contributed by atoms with Crippen molar-refractivity contribution in [2.75, 3.05) is 12.4 Å². The Kier molecular flexibility index (Phi) is 5.48. The molecule has 0 aliphatic heterocycles. The fraction of sp³-hybridized carbons (Fsp3) is 0.118. The van der Waals surface area contributed by atoms with Gasteiger partial charge in [0.15, 0.2) is 23.3 Å². The van der Waals surface area contributed by atoms with Gasteiger partial charge in [-0.3, -0.25) is 9.32 Å². The highest BCUT2D eigenvalue weighted by molar-refractivity contribution is 6.01. The van der Waals surface area contributed by atoms with Crippen molar-refractivity contribution in [1.29, 1.82) is 0 Å². The molecule has 3 rings (SSSR count). The summed E-state index contributed by atoms with van der Waals surface area (Å²) in [6, 6.07) is 5.49. The second kappa shape index (κ2) is 7.77. The molecule has 1 aromatic heterocycles. The van der Waals surface area contributed by atoms with Gasteiger partial charge in [0, 0.05) is 12.1 Å². The number of H-pyrrole nitrogens is 1. The number of methoxy groups -OCH3 is 1. The van der Waals surface area contributed by atoms with Crippen LogP contribution in [0.15, 0.2) is 33.6 Å². The highest BCUT2D eigenvalue weighted by Gasteiger charge is 2.43. The van der Waals surface area contributed by atoms with E-state index in [1.165, 1.54) is 36.7 Å². The molecule has 0 fully saturated rings. The summed E-state index contributed by atoms with van der Waals surface area (Å²) in [5.41, 5.74) is -6.89. The maximum absolute atomic E-state index is 14.0. The van der Waals surface area contributed by atoms with Gasteiger partial charge in [0.2, 0.25) is 5.69 Å². The van der Waals surface area contributed by atoms with Crippen LogP contribution in [0.1, 0.15) is 16.1 Å². The molecule has 0 saturated carbocycles. The lowest BCUT2D eigenvalue weighted by Gasteiger charge is -2.13. The van der Waals surface area contributed by atoms with Crippen molar-refractivity contribution in [2.24, 2.45) is 0 Å². The topological polar surface area (TPSA) is 88.2 Å². The van der Waals surface area contributed by atoms with Crippen LogP contribution >= 0.6 is 0 Å². The third-order valence-electron chi connectivity index (χ3n) is 3.98. The number of nitrogens with zero attached hydrogens (tertiary/aromatic N) is 1. The standard InChI is InChI=1S/C17H8F7N3O4/c1-30-7-4-2-6(3-5-7)27-14(16(29)31-26-27)15(28)25-13-11(20)9(18)8(17(22,23)24)10(19)12(13)21/h2-5H,1H3,(H-,25,26,28,29)/p+1. The molecule has 0 spiro atoms. The maximum atomic E-state index is 14.0. The Hall–Kier alpha value is -3.84. The third-order valence-corrected chi connectivity index (χ3v) is 3.98. The molecule has 0 bridgehead atoms. The Morgan fingerprint density at radius 2 is 1.58 bits per heavy atom. The number of anilines is 1. The Balaban J connectivity index is 2.06. The van der Waals surface area contributed by atoms with Crippen LogP contribution in [0.4, 0.5) is 36.4 Å². The number of hydrogen-bond donors (Lipinski definition) is 2. The monoisotopic (exact) mass is 452 g/mol. The van der Waals surface area contributed by atoms with Crippen molar-refractivity contribution in [3.63, 3.8) is 0 Å². The summed E-state index contributed by atoms with van der Waals surface area (Å²) in [6.45, 7) is 0. The molecule has 31 heavy (non-hydrogen) atoms. The number of nitrogens with one attached hydrogen (secondary N) is 2. The van der Waals surface area contributed by atoms with Crippen LogP contribution in [0, 0.1) is 23.3 Å². The van der Waals surface area contributed by atoms with Crippen molar-refractivity contribution in [3.05, 3.63) is 69.2 Å². The van der Waals surface area contributed by atoms with E-state index in [0.29, 0.717) is 10.4 Å². The van der Waals surface area contributed by atoms with Crippen LogP contribution in [0.5, 0.6) is 5.75 Å². The van der Waals surface area contributed by atoms with E-state index < -0.39 is 57.9 Å². The summed E-state index contributed by atoms with van der Waals surface area (Å²) in [7, 11) is 1.37. The van der Waals surface area contributed by atoms with Crippen LogP contribution in [0.2, 0.25) is 0 Å². The zero-order valence-corrected chi connectivity index (χ0v) is 15.0. The molecular formula is C17H9F7N3O4+. The number of benzene rings is 2. The number of hydrogen-bond acceptors (Lipinski definition) is 4. The second-order valence-electron chi connectivity index (χ2n) is 5.82. The molecule has 3 aromatic rings. The SMILES string of the molecule is COc1ccc(-[n+]2[nH]oc(=O)c2C(=O)Nc2c(F)c(F)c(C(F)(F)F)c(F)c2F)cc1. The number of amides is 1. The van der Waals surface area contributed by atoms with E-state index in [1.54, 1.807) is 0 Å². The fourth-order valence-electron chi connectivity index (χ4n) is 2.54. The van der Waals surface area contributed by atoms with E-state index in [0.717, 1.165) is 0 Å². The van der Waals surface area contributed by atoms with Gasteiger partial charge in [-0.15, -0.1) is 0 Å². The summed E-state index contributed by atoms with van der Waals surface area (Å²) in [5.74, 6) is -11.8. The van der Waals surface area contributed by atoms with Gasteiger partial charge >= 0.3 is 23.4 Å². The normalized spacial score (nSPS) is 11.5. The van der Waals surface area contributed by atoms with E-state index in [1.807, 2.05) is 5.27 Å². The zero-order valence-electron chi connectivity index (χ0n) is 15.0. The summed E-state index contributed by atoms with van der Waals surface area (Å²) < 4.78 is 104. The first kappa shape index (κ1) is 21.9. The third kappa shape index (κ3) is 3.83. The van der Waals surface area contributed by atoms with E-state index in [2.05, 4.69) is 4.52 Å². The molecule has 2 N–H and O–H groups in total. The van der Waals surface area contributed by atoms with Crippen LogP contribution in [-0.4, -0.2) is 18.3 Å². The number of aromatic amines is 1. The van der Waals surface area contributed by atoms with Gasteiger partial charge in [-0.25, -0.2) is 22.4 Å². The number of carbonyl (C=O) groups is 1. The maximum Gasteiger partial charge on any atom is 0.441 e. The fourth-order valence-corrected chi connectivity index (χ4v) is 2.54. The Morgan fingerprint density at radius 3 is 2.06 bits per heavy atom. The molecule has 0 aliphatic carbocycles. The van der Waals surface area contributed by atoms with Crippen molar-refractivity contribution < 1.29 is 49.5 Å². The molecule has 14 heteroatoms. The molecule has 7 nitrogen and oxygen atoms in total. The minimum Gasteiger partial charge on any atom is -0.497 e. The van der Waals surface area contributed by atoms with E-state index >= 15 is 0 Å². The Labute approximate surface area is 166 Å². The first-order valence-corrected chi connectivity index (χ1v) is 7.99. The Bertz CT molecular complexity index is 1190. The number of ether oxygens (including phenoxy) is 1. The lowest BCUT2D eigenvalue weighted by atomic mass is 10.1. The number of rotatable bonds is 4. The molecule has 1 amide bonds. The molecule has 1 heterocycles. The van der Waals surface area contributed by atoms with E-state index in [4.69, 9.17) is 4.74 Å².